The molecule has 0 heterocycles. The third-order valence-corrected chi connectivity index (χ3v) is 4.89. The third-order valence-electron chi connectivity index (χ3n) is 4.89. The summed E-state index contributed by atoms with van der Waals surface area (Å²) in [6.45, 7) is 11.5. The summed E-state index contributed by atoms with van der Waals surface area (Å²) < 4.78 is 5.81. The number of hydrogen-bond donors (Lipinski definition) is 1. The highest BCUT2D eigenvalue weighted by Crippen LogP contribution is 2.39. The molecule has 2 nitrogen and oxygen atoms in total. The Morgan fingerprint density at radius 1 is 1.24 bits per heavy atom. The molecule has 5 unspecified atom stereocenters. The quantitative estimate of drug-likeness (QED) is 0.798. The van der Waals surface area contributed by atoms with E-state index in [1.54, 1.807) is 0 Å². The van der Waals surface area contributed by atoms with E-state index >= 15 is 0 Å². The molecule has 1 aliphatic carbocycles. The lowest BCUT2D eigenvalue weighted by molar-refractivity contribution is -0.138. The summed E-state index contributed by atoms with van der Waals surface area (Å²) in [5.74, 6) is 1.95. The Hall–Kier alpha value is -0.0800. The fourth-order valence-electron chi connectivity index (χ4n) is 3.10. The van der Waals surface area contributed by atoms with E-state index in [1.165, 1.54) is 6.42 Å². The first-order valence-electron chi connectivity index (χ1n) is 7.26. The van der Waals surface area contributed by atoms with Crippen LogP contribution in [0, 0.1) is 17.8 Å². The van der Waals surface area contributed by atoms with Crippen LogP contribution in [-0.2, 0) is 4.74 Å². The van der Waals surface area contributed by atoms with Gasteiger partial charge in [-0.15, -0.1) is 0 Å². The Labute approximate surface area is 107 Å². The highest BCUT2D eigenvalue weighted by atomic mass is 16.5. The Morgan fingerprint density at radius 2 is 1.88 bits per heavy atom. The van der Waals surface area contributed by atoms with Crippen LogP contribution in [0.4, 0.5) is 0 Å². The minimum atomic E-state index is -0.361. The summed E-state index contributed by atoms with van der Waals surface area (Å²) in [5, 5.41) is 10.6. The molecule has 1 fully saturated rings. The molecule has 17 heavy (non-hydrogen) atoms. The van der Waals surface area contributed by atoms with Crippen LogP contribution in [0.1, 0.15) is 60.3 Å². The second kappa shape index (κ2) is 6.19. The van der Waals surface area contributed by atoms with Crippen LogP contribution in [0.2, 0.25) is 0 Å². The van der Waals surface area contributed by atoms with Crippen LogP contribution in [0.25, 0.3) is 0 Å². The predicted octanol–water partition coefficient (Wildman–Crippen LogP) is 3.62. The molecule has 102 valence electrons. The smallest absolute Gasteiger partial charge is 0.0912 e. The van der Waals surface area contributed by atoms with Crippen molar-refractivity contribution in [2.75, 3.05) is 6.61 Å². The van der Waals surface area contributed by atoms with Gasteiger partial charge in [-0.3, -0.25) is 0 Å². The first-order chi connectivity index (χ1) is 7.94. The van der Waals surface area contributed by atoms with Crippen molar-refractivity contribution in [2.45, 2.75) is 72.0 Å². The summed E-state index contributed by atoms with van der Waals surface area (Å²) in [4.78, 5) is 0. The Kier molecular flexibility index (Phi) is 5.46. The molecule has 0 saturated heterocycles. The molecule has 1 aliphatic rings. The molecule has 0 amide bonds. The SMILES string of the molecule is CCOC(C)(CC)C(O)C1CCC(C)C(C)C1. The summed E-state index contributed by atoms with van der Waals surface area (Å²) >= 11 is 0. The van der Waals surface area contributed by atoms with Gasteiger partial charge in [0.1, 0.15) is 0 Å². The van der Waals surface area contributed by atoms with E-state index in [1.807, 2.05) is 6.92 Å². The van der Waals surface area contributed by atoms with Gasteiger partial charge in [-0.25, -0.2) is 0 Å². The Bertz CT molecular complexity index is 229. The highest BCUT2D eigenvalue weighted by Gasteiger charge is 2.39. The molecule has 0 aromatic heterocycles. The first kappa shape index (κ1) is 15.0. The lowest BCUT2D eigenvalue weighted by atomic mass is 9.70. The standard InChI is InChI=1S/C15H30O2/c1-6-15(5,17-7-2)14(16)13-9-8-11(3)12(4)10-13/h11-14,16H,6-10H2,1-5H3. The largest absolute Gasteiger partial charge is 0.390 e. The molecule has 2 heteroatoms. The zero-order chi connectivity index (χ0) is 13.1. The van der Waals surface area contributed by atoms with Crippen LogP contribution in [0.5, 0.6) is 0 Å². The molecule has 0 bridgehead atoms. The van der Waals surface area contributed by atoms with Crippen LogP contribution >= 0.6 is 0 Å². The van der Waals surface area contributed by atoms with Crippen molar-refractivity contribution in [1.82, 2.24) is 0 Å². The van der Waals surface area contributed by atoms with Crippen molar-refractivity contribution in [3.05, 3.63) is 0 Å². The number of aliphatic hydroxyl groups excluding tert-OH is 1. The molecule has 0 aliphatic heterocycles. The minimum Gasteiger partial charge on any atom is -0.390 e. The third kappa shape index (κ3) is 3.45. The summed E-state index contributed by atoms with van der Waals surface area (Å²) in [7, 11) is 0. The monoisotopic (exact) mass is 242 g/mol. The normalized spacial score (nSPS) is 35.3. The maximum Gasteiger partial charge on any atom is 0.0912 e. The molecule has 1 rings (SSSR count). The average molecular weight is 242 g/mol. The van der Waals surface area contributed by atoms with Crippen molar-refractivity contribution in [1.29, 1.82) is 0 Å². The molecule has 1 saturated carbocycles. The molecule has 0 spiro atoms. The van der Waals surface area contributed by atoms with E-state index in [9.17, 15) is 5.11 Å². The van der Waals surface area contributed by atoms with Crippen molar-refractivity contribution in [3.8, 4) is 0 Å². The van der Waals surface area contributed by atoms with Crippen molar-refractivity contribution >= 4 is 0 Å². The number of rotatable bonds is 5. The zero-order valence-corrected chi connectivity index (χ0v) is 12.2. The van der Waals surface area contributed by atoms with E-state index < -0.39 is 0 Å². The summed E-state index contributed by atoms with van der Waals surface area (Å²) in [6, 6.07) is 0. The van der Waals surface area contributed by atoms with Gasteiger partial charge in [-0.05, 0) is 50.9 Å². The van der Waals surface area contributed by atoms with Gasteiger partial charge in [0.2, 0.25) is 0 Å². The molecular formula is C15H30O2. The fourth-order valence-corrected chi connectivity index (χ4v) is 3.10. The van der Waals surface area contributed by atoms with E-state index in [-0.39, 0.29) is 11.7 Å². The highest BCUT2D eigenvalue weighted by molar-refractivity contribution is 4.90. The van der Waals surface area contributed by atoms with Crippen LogP contribution in [-0.4, -0.2) is 23.4 Å². The van der Waals surface area contributed by atoms with Gasteiger partial charge in [0.15, 0.2) is 0 Å². The lowest BCUT2D eigenvalue weighted by Crippen LogP contribution is -2.47. The van der Waals surface area contributed by atoms with Crippen LogP contribution in [0.15, 0.2) is 0 Å². The molecule has 0 aromatic carbocycles. The van der Waals surface area contributed by atoms with Gasteiger partial charge in [-0.2, -0.15) is 0 Å². The average Bonchev–Trinajstić information content (AvgIpc) is 2.32. The van der Waals surface area contributed by atoms with Gasteiger partial charge < -0.3 is 9.84 Å². The number of aliphatic hydroxyl groups is 1. The fraction of sp³-hybridized carbons (Fsp3) is 1.00. The summed E-state index contributed by atoms with van der Waals surface area (Å²) in [6.07, 6.45) is 4.10. The van der Waals surface area contributed by atoms with Gasteiger partial charge in [-0.1, -0.05) is 27.2 Å². The van der Waals surface area contributed by atoms with E-state index in [0.29, 0.717) is 12.5 Å². The lowest BCUT2D eigenvalue weighted by Gasteiger charge is -2.42. The van der Waals surface area contributed by atoms with Crippen molar-refractivity contribution < 1.29 is 9.84 Å². The number of hydrogen-bond acceptors (Lipinski definition) is 2. The maximum atomic E-state index is 10.6. The zero-order valence-electron chi connectivity index (χ0n) is 12.2. The van der Waals surface area contributed by atoms with Crippen molar-refractivity contribution in [2.24, 2.45) is 17.8 Å². The van der Waals surface area contributed by atoms with Gasteiger partial charge in [0.25, 0.3) is 0 Å². The van der Waals surface area contributed by atoms with E-state index in [2.05, 4.69) is 27.7 Å². The Morgan fingerprint density at radius 3 is 2.35 bits per heavy atom. The predicted molar refractivity (Wildman–Crippen MR) is 72.0 cm³/mol. The van der Waals surface area contributed by atoms with Gasteiger partial charge in [0, 0.05) is 6.61 Å². The maximum absolute atomic E-state index is 10.6. The Balaban J connectivity index is 2.65. The van der Waals surface area contributed by atoms with Crippen LogP contribution < -0.4 is 0 Å². The minimum absolute atomic E-state index is 0.317. The summed E-state index contributed by atoms with van der Waals surface area (Å²) in [5.41, 5.74) is -0.361. The van der Waals surface area contributed by atoms with Gasteiger partial charge in [0.05, 0.1) is 11.7 Å². The topological polar surface area (TPSA) is 29.5 Å². The molecule has 1 N–H and O–H groups in total. The van der Waals surface area contributed by atoms with Gasteiger partial charge >= 0.3 is 0 Å². The first-order valence-corrected chi connectivity index (χ1v) is 7.26. The van der Waals surface area contributed by atoms with Crippen molar-refractivity contribution in [3.63, 3.8) is 0 Å². The van der Waals surface area contributed by atoms with E-state index in [0.717, 1.165) is 31.1 Å². The second-order valence-electron chi connectivity index (χ2n) is 6.07. The second-order valence-corrected chi connectivity index (χ2v) is 6.07. The molecule has 0 radical (unpaired) electrons. The molecule has 5 atom stereocenters. The molecule has 0 aromatic rings. The van der Waals surface area contributed by atoms with Crippen LogP contribution in [0.3, 0.4) is 0 Å². The number of ether oxygens (including phenoxy) is 1. The molecular weight excluding hydrogens is 212 g/mol. The van der Waals surface area contributed by atoms with E-state index in [4.69, 9.17) is 4.74 Å².